The van der Waals surface area contributed by atoms with Crippen molar-refractivity contribution in [1.29, 1.82) is 0 Å². The van der Waals surface area contributed by atoms with Crippen LogP contribution in [0.3, 0.4) is 0 Å². The fraction of sp³-hybridized carbons (Fsp3) is 0.500. The highest BCUT2D eigenvalue weighted by atomic mass is 32.2. The number of hydrogen-bond acceptors (Lipinski definition) is 3. The smallest absolute Gasteiger partial charge is 0.179 e. The quantitative estimate of drug-likeness (QED) is 0.661. The van der Waals surface area contributed by atoms with Gasteiger partial charge in [-0.25, -0.2) is 8.42 Å². The molecule has 2 aromatic rings. The first-order valence-electron chi connectivity index (χ1n) is 10.5. The molecule has 4 heteroatoms. The average molecular weight is 400 g/mol. The Balaban J connectivity index is 2.29. The first kappa shape index (κ1) is 20.9. The summed E-state index contributed by atoms with van der Waals surface area (Å²) in [4.78, 5) is 0.513. The second-order valence-corrected chi connectivity index (χ2v) is 10.2. The summed E-state index contributed by atoms with van der Waals surface area (Å²) in [5, 5.41) is 3.19. The summed E-state index contributed by atoms with van der Waals surface area (Å²) >= 11 is 0. The van der Waals surface area contributed by atoms with Crippen molar-refractivity contribution in [2.45, 2.75) is 57.3 Å². The Labute approximate surface area is 170 Å². The normalized spacial score (nSPS) is 26.3. The minimum atomic E-state index is -3.36. The van der Waals surface area contributed by atoms with Crippen molar-refractivity contribution >= 4 is 15.5 Å². The van der Waals surface area contributed by atoms with E-state index in [-0.39, 0.29) is 23.0 Å². The van der Waals surface area contributed by atoms with E-state index in [1.54, 1.807) is 0 Å². The Morgan fingerprint density at radius 3 is 2.43 bits per heavy atom. The van der Waals surface area contributed by atoms with E-state index in [4.69, 9.17) is 0 Å². The molecule has 0 bridgehead atoms. The van der Waals surface area contributed by atoms with Crippen LogP contribution in [-0.4, -0.2) is 21.2 Å². The molecular weight excluding hydrogens is 366 g/mol. The molecule has 1 heterocycles. The second-order valence-electron chi connectivity index (χ2n) is 8.26. The fourth-order valence-corrected chi connectivity index (χ4v) is 7.34. The zero-order chi connectivity index (χ0) is 20.4. The van der Waals surface area contributed by atoms with E-state index in [1.165, 1.54) is 5.56 Å². The van der Waals surface area contributed by atoms with Gasteiger partial charge in [-0.05, 0) is 53.5 Å². The van der Waals surface area contributed by atoms with Gasteiger partial charge < -0.3 is 5.32 Å². The third kappa shape index (κ3) is 3.71. The van der Waals surface area contributed by atoms with Crippen LogP contribution in [-0.2, 0) is 9.84 Å². The molecule has 28 heavy (non-hydrogen) atoms. The molecular formula is C24H33NO2S. The Morgan fingerprint density at radius 1 is 1.11 bits per heavy atom. The van der Waals surface area contributed by atoms with Crippen molar-refractivity contribution < 1.29 is 8.42 Å². The Morgan fingerprint density at radius 2 is 1.82 bits per heavy atom. The summed E-state index contributed by atoms with van der Waals surface area (Å²) < 4.78 is 27.1. The largest absolute Gasteiger partial charge is 0.388 e. The summed E-state index contributed by atoms with van der Waals surface area (Å²) in [5.41, 5.74) is 2.89. The van der Waals surface area contributed by atoms with Gasteiger partial charge in [-0.3, -0.25) is 0 Å². The van der Waals surface area contributed by atoms with Gasteiger partial charge in [0.05, 0.1) is 10.6 Å². The number of fused-ring (bicyclic) bond motifs is 1. The number of hydrogen-bond donors (Lipinski definition) is 1. The SMILES string of the molecule is CCCC[C@]1(CC)CS(=O)(=O)c2ccc(NC)cc2[C@@H](c2ccccc2)[C@H]1C. The predicted octanol–water partition coefficient (Wildman–Crippen LogP) is 5.87. The van der Waals surface area contributed by atoms with Crippen molar-refractivity contribution in [3.63, 3.8) is 0 Å². The Kier molecular flexibility index (Phi) is 6.18. The lowest BCUT2D eigenvalue weighted by atomic mass is 9.64. The standard InChI is InChI=1S/C24H33NO2S/c1-5-7-15-24(6-2)17-28(26,27)22-14-13-20(25-4)16-21(22)23(18(24)3)19-11-9-8-10-12-19/h8-14,16,18,23,25H,5-7,15,17H2,1-4H3/t18-,23-,24-/m1/s1. The van der Waals surface area contributed by atoms with E-state index in [0.717, 1.165) is 36.9 Å². The first-order valence-corrected chi connectivity index (χ1v) is 12.1. The minimum absolute atomic E-state index is 0.0681. The molecule has 0 saturated heterocycles. The molecule has 0 aromatic heterocycles. The lowest BCUT2D eigenvalue weighted by Crippen LogP contribution is -2.37. The van der Waals surface area contributed by atoms with Crippen LogP contribution < -0.4 is 5.32 Å². The van der Waals surface area contributed by atoms with Crippen molar-refractivity contribution in [2.75, 3.05) is 18.1 Å². The second kappa shape index (κ2) is 8.28. The van der Waals surface area contributed by atoms with E-state index < -0.39 is 9.84 Å². The Bertz CT molecular complexity index is 907. The number of sulfone groups is 1. The summed E-state index contributed by atoms with van der Waals surface area (Å²) in [6.07, 6.45) is 3.98. The summed E-state index contributed by atoms with van der Waals surface area (Å²) in [6, 6.07) is 16.2. The molecule has 0 amide bonds. The van der Waals surface area contributed by atoms with Crippen molar-refractivity contribution in [1.82, 2.24) is 0 Å². The highest BCUT2D eigenvalue weighted by molar-refractivity contribution is 7.91. The van der Waals surface area contributed by atoms with Crippen LogP contribution in [0.25, 0.3) is 0 Å². The van der Waals surface area contributed by atoms with Gasteiger partial charge in [0.15, 0.2) is 9.84 Å². The van der Waals surface area contributed by atoms with Crippen molar-refractivity contribution in [3.8, 4) is 0 Å². The molecule has 0 radical (unpaired) electrons. The number of nitrogens with one attached hydrogen (secondary N) is 1. The highest BCUT2D eigenvalue weighted by Gasteiger charge is 2.47. The topological polar surface area (TPSA) is 46.2 Å². The maximum Gasteiger partial charge on any atom is 0.179 e. The van der Waals surface area contributed by atoms with Gasteiger partial charge >= 0.3 is 0 Å². The van der Waals surface area contributed by atoms with E-state index in [9.17, 15) is 8.42 Å². The molecule has 3 atom stereocenters. The molecule has 1 N–H and O–H groups in total. The van der Waals surface area contributed by atoms with Crippen molar-refractivity contribution in [2.24, 2.45) is 11.3 Å². The zero-order valence-corrected chi connectivity index (χ0v) is 18.4. The summed E-state index contributed by atoms with van der Waals surface area (Å²) in [6.45, 7) is 6.62. The number of rotatable bonds is 6. The molecule has 152 valence electrons. The van der Waals surface area contributed by atoms with Gasteiger partial charge in [-0.1, -0.05) is 63.9 Å². The summed E-state index contributed by atoms with van der Waals surface area (Å²) in [5.74, 6) is 0.542. The third-order valence-corrected chi connectivity index (χ3v) is 8.80. The fourth-order valence-electron chi connectivity index (χ4n) is 5.00. The summed E-state index contributed by atoms with van der Waals surface area (Å²) in [7, 11) is -1.47. The monoisotopic (exact) mass is 399 g/mol. The van der Waals surface area contributed by atoms with Crippen molar-refractivity contribution in [3.05, 3.63) is 59.7 Å². The van der Waals surface area contributed by atoms with Crippen LogP contribution in [0.4, 0.5) is 5.69 Å². The molecule has 0 aliphatic carbocycles. The number of benzene rings is 2. The van der Waals surface area contributed by atoms with E-state index in [1.807, 2.05) is 31.3 Å². The maximum absolute atomic E-state index is 13.5. The minimum Gasteiger partial charge on any atom is -0.388 e. The van der Waals surface area contributed by atoms with Gasteiger partial charge in [0.25, 0.3) is 0 Å². The van der Waals surface area contributed by atoms with Gasteiger partial charge in [0.1, 0.15) is 0 Å². The van der Waals surface area contributed by atoms with Crippen LogP contribution in [0.5, 0.6) is 0 Å². The molecule has 1 aliphatic heterocycles. The van der Waals surface area contributed by atoms with Gasteiger partial charge in [0, 0.05) is 18.7 Å². The van der Waals surface area contributed by atoms with Crippen LogP contribution >= 0.6 is 0 Å². The molecule has 0 unspecified atom stereocenters. The Hall–Kier alpha value is -1.81. The molecule has 0 spiro atoms. The number of unbranched alkanes of at least 4 members (excludes halogenated alkanes) is 1. The lowest BCUT2D eigenvalue weighted by molar-refractivity contribution is 0.160. The van der Waals surface area contributed by atoms with Gasteiger partial charge in [0.2, 0.25) is 0 Å². The van der Waals surface area contributed by atoms with Gasteiger partial charge in [-0.15, -0.1) is 0 Å². The van der Waals surface area contributed by atoms with Gasteiger partial charge in [-0.2, -0.15) is 0 Å². The van der Waals surface area contributed by atoms with Crippen LogP contribution in [0.2, 0.25) is 0 Å². The first-order chi connectivity index (χ1) is 13.4. The maximum atomic E-state index is 13.5. The van der Waals surface area contributed by atoms with E-state index in [0.29, 0.717) is 4.90 Å². The molecule has 3 rings (SSSR count). The zero-order valence-electron chi connectivity index (χ0n) is 17.5. The predicted molar refractivity (Wildman–Crippen MR) is 118 cm³/mol. The third-order valence-electron chi connectivity index (χ3n) is 6.80. The molecule has 0 saturated carbocycles. The average Bonchev–Trinajstić information content (AvgIpc) is 2.78. The molecule has 2 aromatic carbocycles. The highest BCUT2D eigenvalue weighted by Crippen LogP contribution is 2.52. The molecule has 0 fully saturated rings. The van der Waals surface area contributed by atoms with Crippen LogP contribution in [0.1, 0.15) is 63.5 Å². The van der Waals surface area contributed by atoms with Crippen LogP contribution in [0, 0.1) is 11.3 Å². The molecule has 3 nitrogen and oxygen atoms in total. The van der Waals surface area contributed by atoms with Crippen LogP contribution in [0.15, 0.2) is 53.4 Å². The molecule has 1 aliphatic rings. The lowest BCUT2D eigenvalue weighted by Gasteiger charge is -2.41. The van der Waals surface area contributed by atoms with E-state index in [2.05, 4.69) is 50.4 Å². The number of anilines is 1. The van der Waals surface area contributed by atoms with E-state index >= 15 is 0 Å².